The van der Waals surface area contributed by atoms with Gasteiger partial charge in [0.05, 0.1) is 5.03 Å². The van der Waals surface area contributed by atoms with Crippen LogP contribution in [0.1, 0.15) is 5.56 Å². The van der Waals surface area contributed by atoms with Gasteiger partial charge in [-0.2, -0.15) is 0 Å². The monoisotopic (exact) mass is 203 g/mol. The van der Waals surface area contributed by atoms with E-state index in [1.807, 2.05) is 18.2 Å². The van der Waals surface area contributed by atoms with E-state index >= 15 is 0 Å². The summed E-state index contributed by atoms with van der Waals surface area (Å²) in [5, 5.41) is 1.11. The van der Waals surface area contributed by atoms with Crippen molar-refractivity contribution in [1.82, 2.24) is 4.90 Å². The van der Waals surface area contributed by atoms with E-state index in [-0.39, 0.29) is 0 Å². The van der Waals surface area contributed by atoms with Crippen LogP contribution >= 0.6 is 11.8 Å². The van der Waals surface area contributed by atoms with Gasteiger partial charge in [-0.1, -0.05) is 43.5 Å². The molecule has 0 aromatic heterocycles. The number of benzene rings is 1. The van der Waals surface area contributed by atoms with Gasteiger partial charge in [0.1, 0.15) is 0 Å². The van der Waals surface area contributed by atoms with E-state index in [4.69, 9.17) is 0 Å². The molecule has 1 nitrogen and oxygen atoms in total. The molecule has 1 aliphatic rings. The zero-order valence-electron chi connectivity index (χ0n) is 8.07. The molecule has 1 heterocycles. The van der Waals surface area contributed by atoms with Crippen molar-refractivity contribution in [2.45, 2.75) is 0 Å². The molecule has 14 heavy (non-hydrogen) atoms. The summed E-state index contributed by atoms with van der Waals surface area (Å²) in [4.78, 5) is 2.18. The molecule has 0 saturated carbocycles. The van der Waals surface area contributed by atoms with Crippen LogP contribution in [0, 0.1) is 0 Å². The van der Waals surface area contributed by atoms with Crippen molar-refractivity contribution in [3.63, 3.8) is 0 Å². The number of thioether (sulfide) groups is 1. The highest BCUT2D eigenvalue weighted by atomic mass is 32.2. The first kappa shape index (κ1) is 9.41. The van der Waals surface area contributed by atoms with E-state index < -0.39 is 0 Å². The second-order valence-corrected chi connectivity index (χ2v) is 4.37. The average Bonchev–Trinajstić information content (AvgIpc) is 2.65. The van der Waals surface area contributed by atoms with Gasteiger partial charge in [-0.25, -0.2) is 0 Å². The maximum atomic E-state index is 4.11. The van der Waals surface area contributed by atoms with Gasteiger partial charge >= 0.3 is 0 Å². The average molecular weight is 203 g/mol. The maximum Gasteiger partial charge on any atom is 0.0679 e. The molecule has 72 valence electrons. The zero-order valence-corrected chi connectivity index (χ0v) is 8.89. The van der Waals surface area contributed by atoms with Crippen LogP contribution in [0.25, 0.3) is 5.70 Å². The van der Waals surface area contributed by atoms with Crippen LogP contribution in [0.3, 0.4) is 0 Å². The summed E-state index contributed by atoms with van der Waals surface area (Å²) in [7, 11) is 0. The Morgan fingerprint density at radius 1 is 1.29 bits per heavy atom. The van der Waals surface area contributed by atoms with Crippen molar-refractivity contribution >= 4 is 17.5 Å². The molecule has 0 N–H and O–H groups in total. The maximum absolute atomic E-state index is 4.11. The first-order chi connectivity index (χ1) is 6.79. The lowest BCUT2D eigenvalue weighted by atomic mass is 10.1. The highest BCUT2D eigenvalue weighted by molar-refractivity contribution is 8.03. The first-order valence-electron chi connectivity index (χ1n) is 4.62. The molecule has 1 fully saturated rings. The Labute approximate surface area is 89.1 Å². The molecule has 2 heteroatoms. The topological polar surface area (TPSA) is 3.24 Å². The molecule has 1 aromatic carbocycles. The molecule has 1 aliphatic heterocycles. The molecule has 0 amide bonds. The fraction of sp³-hybridized carbons (Fsp3) is 0.167. The summed E-state index contributed by atoms with van der Waals surface area (Å²) in [5.41, 5.74) is 2.23. The summed E-state index contributed by atoms with van der Waals surface area (Å²) < 4.78 is 0. The first-order valence-corrected chi connectivity index (χ1v) is 5.61. The third-order valence-corrected chi connectivity index (χ3v) is 3.26. The van der Waals surface area contributed by atoms with Crippen molar-refractivity contribution in [3.05, 3.63) is 54.1 Å². The van der Waals surface area contributed by atoms with Gasteiger partial charge in [0.15, 0.2) is 0 Å². The summed E-state index contributed by atoms with van der Waals surface area (Å²) in [6.07, 6.45) is 0. The predicted octanol–water partition coefficient (Wildman–Crippen LogP) is 3.18. The highest BCUT2D eigenvalue weighted by Crippen LogP contribution is 2.32. The molecule has 0 bridgehead atoms. The lowest BCUT2D eigenvalue weighted by Crippen LogP contribution is -2.15. The minimum atomic E-state index is 1.03. The molecule has 1 saturated heterocycles. The Morgan fingerprint density at radius 3 is 2.57 bits per heavy atom. The Kier molecular flexibility index (Phi) is 2.64. The fourth-order valence-electron chi connectivity index (χ4n) is 1.53. The van der Waals surface area contributed by atoms with Crippen molar-refractivity contribution in [2.75, 3.05) is 12.3 Å². The van der Waals surface area contributed by atoms with Crippen LogP contribution in [-0.2, 0) is 0 Å². The molecule has 0 radical (unpaired) electrons. The van der Waals surface area contributed by atoms with E-state index in [9.17, 15) is 0 Å². The standard InChI is InChI=1S/C12H13NS/c1-10(12-6-4-3-5-7-12)13-8-9-14-11(13)2/h3-7H,1-2,8-9H2. The molecule has 0 unspecified atom stereocenters. The Hall–Kier alpha value is -1.15. The number of nitrogens with zero attached hydrogens (tertiary/aromatic N) is 1. The molecule has 2 rings (SSSR count). The molecule has 0 atom stereocenters. The SMILES string of the molecule is C=C1SCCN1C(=C)c1ccccc1. The second kappa shape index (κ2) is 3.93. The predicted molar refractivity (Wildman–Crippen MR) is 63.8 cm³/mol. The van der Waals surface area contributed by atoms with Gasteiger partial charge in [-0.05, 0) is 5.56 Å². The highest BCUT2D eigenvalue weighted by Gasteiger charge is 2.18. The number of hydrogen-bond acceptors (Lipinski definition) is 2. The molecule has 0 aliphatic carbocycles. The van der Waals surface area contributed by atoms with E-state index in [1.165, 1.54) is 5.56 Å². The smallest absolute Gasteiger partial charge is 0.0679 e. The van der Waals surface area contributed by atoms with Crippen LogP contribution in [0.2, 0.25) is 0 Å². The van der Waals surface area contributed by atoms with Gasteiger partial charge in [-0.3, -0.25) is 0 Å². The Bertz CT molecular complexity index is 356. The van der Waals surface area contributed by atoms with Crippen molar-refractivity contribution in [3.8, 4) is 0 Å². The van der Waals surface area contributed by atoms with Gasteiger partial charge in [0, 0.05) is 18.0 Å². The zero-order chi connectivity index (χ0) is 9.97. The van der Waals surface area contributed by atoms with E-state index in [2.05, 4.69) is 30.2 Å². The molecule has 1 aromatic rings. The minimum Gasteiger partial charge on any atom is -0.336 e. The number of hydrogen-bond donors (Lipinski definition) is 0. The fourth-order valence-corrected chi connectivity index (χ4v) is 2.40. The van der Waals surface area contributed by atoms with Gasteiger partial charge < -0.3 is 4.90 Å². The summed E-state index contributed by atoms with van der Waals surface area (Å²) in [6, 6.07) is 10.3. The molecular weight excluding hydrogens is 190 g/mol. The third kappa shape index (κ3) is 1.70. The molecule has 0 spiro atoms. The van der Waals surface area contributed by atoms with Crippen LogP contribution in [0.4, 0.5) is 0 Å². The number of rotatable bonds is 2. The summed E-state index contributed by atoms with van der Waals surface area (Å²) >= 11 is 1.80. The van der Waals surface area contributed by atoms with Gasteiger partial charge in [0.25, 0.3) is 0 Å². The molecular formula is C12H13NS. The van der Waals surface area contributed by atoms with Crippen LogP contribution < -0.4 is 0 Å². The lowest BCUT2D eigenvalue weighted by Gasteiger charge is -2.20. The van der Waals surface area contributed by atoms with Crippen molar-refractivity contribution < 1.29 is 0 Å². The quantitative estimate of drug-likeness (QED) is 0.726. The van der Waals surface area contributed by atoms with Gasteiger partial charge in [0.2, 0.25) is 0 Å². The minimum absolute atomic E-state index is 1.03. The third-order valence-electron chi connectivity index (χ3n) is 2.32. The van der Waals surface area contributed by atoms with E-state index in [1.54, 1.807) is 11.8 Å². The van der Waals surface area contributed by atoms with Crippen LogP contribution in [0.5, 0.6) is 0 Å². The summed E-state index contributed by atoms with van der Waals surface area (Å²) in [5.74, 6) is 1.12. The normalized spacial score (nSPS) is 16.0. The lowest BCUT2D eigenvalue weighted by molar-refractivity contribution is 0.577. The Morgan fingerprint density at radius 2 is 2.00 bits per heavy atom. The van der Waals surface area contributed by atoms with Crippen LogP contribution in [-0.4, -0.2) is 17.2 Å². The van der Waals surface area contributed by atoms with Crippen LogP contribution in [0.15, 0.2) is 48.5 Å². The van der Waals surface area contributed by atoms with E-state index in [0.717, 1.165) is 23.0 Å². The van der Waals surface area contributed by atoms with Gasteiger partial charge in [-0.15, -0.1) is 11.8 Å². The van der Waals surface area contributed by atoms with E-state index in [0.29, 0.717) is 0 Å². The second-order valence-electron chi connectivity index (χ2n) is 3.21. The largest absolute Gasteiger partial charge is 0.336 e. The summed E-state index contributed by atoms with van der Waals surface area (Å²) in [6.45, 7) is 9.14. The van der Waals surface area contributed by atoms with Crippen molar-refractivity contribution in [2.24, 2.45) is 0 Å². The Balaban J connectivity index is 2.20. The van der Waals surface area contributed by atoms with Crippen molar-refractivity contribution in [1.29, 1.82) is 0 Å².